The van der Waals surface area contributed by atoms with Gasteiger partial charge in [0.2, 0.25) is 0 Å². The second kappa shape index (κ2) is 4.03. The number of ether oxygens (including phenoxy) is 3. The lowest BCUT2D eigenvalue weighted by Crippen LogP contribution is -2.48. The van der Waals surface area contributed by atoms with Crippen LogP contribution in [0.3, 0.4) is 0 Å². The van der Waals surface area contributed by atoms with Crippen LogP contribution in [0.1, 0.15) is 33.1 Å². The average Bonchev–Trinajstić information content (AvgIpc) is 2.64. The third-order valence-corrected chi connectivity index (χ3v) is 4.63. The van der Waals surface area contributed by atoms with Crippen LogP contribution in [0.25, 0.3) is 0 Å². The fourth-order valence-electron chi connectivity index (χ4n) is 3.39. The van der Waals surface area contributed by atoms with Gasteiger partial charge >= 0.3 is 0 Å². The van der Waals surface area contributed by atoms with Crippen LogP contribution in [0, 0.1) is 0 Å². The summed E-state index contributed by atoms with van der Waals surface area (Å²) in [7, 11) is 0. The number of hydrogen-bond acceptors (Lipinski definition) is 4. The van der Waals surface area contributed by atoms with Crippen molar-refractivity contribution in [3.05, 3.63) is 0 Å². The van der Waals surface area contributed by atoms with Crippen molar-refractivity contribution in [2.24, 2.45) is 0 Å². The van der Waals surface area contributed by atoms with Crippen LogP contribution in [-0.2, 0) is 14.2 Å². The molecule has 0 amide bonds. The molecule has 3 rings (SSSR count). The van der Waals surface area contributed by atoms with Crippen molar-refractivity contribution in [2.75, 3.05) is 4.43 Å². The number of alkyl halides is 1. The number of fused-ring (bicyclic) bond motifs is 4. The van der Waals surface area contributed by atoms with Gasteiger partial charge in [0.15, 0.2) is 5.79 Å². The predicted octanol–water partition coefficient (Wildman–Crippen LogP) is 1.62. The predicted molar refractivity (Wildman–Crippen MR) is 70.2 cm³/mol. The Hall–Kier alpha value is 0.570. The first-order valence-electron chi connectivity index (χ1n) is 6.23. The van der Waals surface area contributed by atoms with E-state index in [1.807, 2.05) is 13.8 Å². The van der Waals surface area contributed by atoms with Gasteiger partial charge in [0.05, 0.1) is 23.9 Å². The van der Waals surface area contributed by atoms with Gasteiger partial charge < -0.3 is 19.3 Å². The molecule has 0 aromatic heterocycles. The molecule has 4 nitrogen and oxygen atoms in total. The van der Waals surface area contributed by atoms with E-state index in [9.17, 15) is 5.11 Å². The van der Waals surface area contributed by atoms with Gasteiger partial charge in [-0.1, -0.05) is 22.6 Å². The van der Waals surface area contributed by atoms with E-state index >= 15 is 0 Å². The molecule has 1 aliphatic carbocycles. The Bertz CT molecular complexity index is 322. The highest BCUT2D eigenvalue weighted by Gasteiger charge is 2.61. The van der Waals surface area contributed by atoms with Crippen molar-refractivity contribution in [2.45, 2.75) is 68.9 Å². The topological polar surface area (TPSA) is 47.9 Å². The minimum atomic E-state index is -0.708. The van der Waals surface area contributed by atoms with Gasteiger partial charge in [0.25, 0.3) is 0 Å². The standard InChI is InChI=1S/C12H19IO4/c1-11(2)16-8-6-12(14)5-7(10(8)17-11)15-9(12)3-4-13/h7-10,14H,3-6H2,1-2H3/t7-,8?,9+,10+,12-/m1/s1. The van der Waals surface area contributed by atoms with E-state index in [0.717, 1.165) is 10.8 Å². The summed E-state index contributed by atoms with van der Waals surface area (Å²) < 4.78 is 18.7. The number of aliphatic hydroxyl groups is 1. The average molecular weight is 354 g/mol. The molecule has 1 unspecified atom stereocenters. The molecular formula is C12H19IO4. The maximum atomic E-state index is 10.7. The van der Waals surface area contributed by atoms with Gasteiger partial charge in [0, 0.05) is 17.3 Å². The first-order valence-corrected chi connectivity index (χ1v) is 7.75. The number of rotatable bonds is 2. The van der Waals surface area contributed by atoms with E-state index in [1.54, 1.807) is 0 Å². The fourth-order valence-corrected chi connectivity index (χ4v) is 3.96. The van der Waals surface area contributed by atoms with Gasteiger partial charge in [0.1, 0.15) is 6.10 Å². The second-order valence-corrected chi connectivity index (χ2v) is 6.87. The third kappa shape index (κ3) is 2.04. The summed E-state index contributed by atoms with van der Waals surface area (Å²) >= 11 is 2.32. The molecule has 2 heterocycles. The minimum Gasteiger partial charge on any atom is -0.387 e. The normalized spacial score (nSPS) is 51.5. The van der Waals surface area contributed by atoms with Gasteiger partial charge in [-0.15, -0.1) is 0 Å². The van der Waals surface area contributed by atoms with Crippen LogP contribution in [0.15, 0.2) is 0 Å². The molecule has 3 aliphatic rings. The van der Waals surface area contributed by atoms with E-state index in [2.05, 4.69) is 22.6 Å². The Balaban J connectivity index is 1.80. The monoisotopic (exact) mass is 354 g/mol. The molecular weight excluding hydrogens is 335 g/mol. The molecule has 0 spiro atoms. The zero-order valence-corrected chi connectivity index (χ0v) is 12.3. The van der Waals surface area contributed by atoms with Crippen LogP contribution >= 0.6 is 22.6 Å². The van der Waals surface area contributed by atoms with Crippen molar-refractivity contribution in [1.82, 2.24) is 0 Å². The maximum absolute atomic E-state index is 10.7. The lowest BCUT2D eigenvalue weighted by molar-refractivity contribution is -0.164. The van der Waals surface area contributed by atoms with Gasteiger partial charge in [-0.25, -0.2) is 0 Å². The molecule has 1 N–H and O–H groups in total. The maximum Gasteiger partial charge on any atom is 0.163 e. The molecule has 5 heteroatoms. The first kappa shape index (κ1) is 12.6. The van der Waals surface area contributed by atoms with Crippen LogP contribution in [0.2, 0.25) is 0 Å². The Kier molecular flexibility index (Phi) is 2.99. The molecule has 0 radical (unpaired) electrons. The van der Waals surface area contributed by atoms with Crippen LogP contribution < -0.4 is 0 Å². The number of halogens is 1. The Morgan fingerprint density at radius 2 is 1.94 bits per heavy atom. The summed E-state index contributed by atoms with van der Waals surface area (Å²) in [5.41, 5.74) is -0.708. The summed E-state index contributed by atoms with van der Waals surface area (Å²) in [6.07, 6.45) is 2.14. The van der Waals surface area contributed by atoms with Crippen LogP contribution in [0.4, 0.5) is 0 Å². The lowest BCUT2D eigenvalue weighted by Gasteiger charge is -2.34. The van der Waals surface area contributed by atoms with Crippen molar-refractivity contribution < 1.29 is 19.3 Å². The largest absolute Gasteiger partial charge is 0.387 e. The molecule has 3 fully saturated rings. The van der Waals surface area contributed by atoms with Crippen molar-refractivity contribution in [1.29, 1.82) is 0 Å². The summed E-state index contributed by atoms with van der Waals surface area (Å²) in [6, 6.07) is 0. The highest BCUT2D eigenvalue weighted by Crippen LogP contribution is 2.49. The molecule has 5 atom stereocenters. The fraction of sp³-hybridized carbons (Fsp3) is 1.00. The van der Waals surface area contributed by atoms with E-state index in [1.165, 1.54) is 0 Å². The Morgan fingerprint density at radius 1 is 1.24 bits per heavy atom. The lowest BCUT2D eigenvalue weighted by atomic mass is 9.79. The van der Waals surface area contributed by atoms with Crippen LogP contribution in [0.5, 0.6) is 0 Å². The molecule has 0 aromatic carbocycles. The number of hydrogen-bond donors (Lipinski definition) is 1. The van der Waals surface area contributed by atoms with E-state index in [4.69, 9.17) is 14.2 Å². The third-order valence-electron chi connectivity index (χ3n) is 4.01. The summed E-state index contributed by atoms with van der Waals surface area (Å²) in [5.74, 6) is -0.543. The van der Waals surface area contributed by atoms with Gasteiger partial charge in [-0.05, 0) is 20.3 Å². The van der Waals surface area contributed by atoms with Crippen LogP contribution in [-0.4, -0.2) is 45.3 Å². The highest BCUT2D eigenvalue weighted by molar-refractivity contribution is 14.1. The molecule has 1 saturated carbocycles. The Labute approximate surface area is 115 Å². The van der Waals surface area contributed by atoms with E-state index in [0.29, 0.717) is 12.8 Å². The summed E-state index contributed by atoms with van der Waals surface area (Å²) in [6.45, 7) is 3.84. The highest BCUT2D eigenvalue weighted by atomic mass is 127. The summed E-state index contributed by atoms with van der Waals surface area (Å²) in [4.78, 5) is 0. The quantitative estimate of drug-likeness (QED) is 0.605. The SMILES string of the molecule is CC1(C)OC2C[C@]3(O)C[C@@H](O[C@H]3CCI)[C@@H]2O1. The van der Waals surface area contributed by atoms with E-state index in [-0.39, 0.29) is 24.4 Å². The first-order chi connectivity index (χ1) is 7.93. The molecule has 17 heavy (non-hydrogen) atoms. The van der Waals surface area contributed by atoms with E-state index < -0.39 is 11.4 Å². The zero-order chi connectivity index (χ0) is 12.3. The Morgan fingerprint density at radius 3 is 2.65 bits per heavy atom. The van der Waals surface area contributed by atoms with Crippen molar-refractivity contribution in [3.8, 4) is 0 Å². The molecule has 2 saturated heterocycles. The molecule has 0 aromatic rings. The molecule has 2 aliphatic heterocycles. The molecule has 98 valence electrons. The zero-order valence-electron chi connectivity index (χ0n) is 10.2. The van der Waals surface area contributed by atoms with Gasteiger partial charge in [-0.3, -0.25) is 0 Å². The summed E-state index contributed by atoms with van der Waals surface area (Å²) in [5, 5.41) is 10.7. The van der Waals surface area contributed by atoms with Crippen molar-refractivity contribution in [3.63, 3.8) is 0 Å². The van der Waals surface area contributed by atoms with Crippen molar-refractivity contribution >= 4 is 22.6 Å². The molecule has 2 bridgehead atoms. The smallest absolute Gasteiger partial charge is 0.163 e. The van der Waals surface area contributed by atoms with Gasteiger partial charge in [-0.2, -0.15) is 0 Å². The minimum absolute atomic E-state index is 0.00604. The second-order valence-electron chi connectivity index (χ2n) is 5.79.